The van der Waals surface area contributed by atoms with Gasteiger partial charge < -0.3 is 14.5 Å². The van der Waals surface area contributed by atoms with E-state index in [-0.39, 0.29) is 10.8 Å². The molecule has 0 aromatic heterocycles. The molecule has 0 saturated carbocycles. The number of sulfonamides is 1. The molecular formula is C22H27N3O4S. The van der Waals surface area contributed by atoms with Crippen molar-refractivity contribution in [1.29, 1.82) is 0 Å². The van der Waals surface area contributed by atoms with E-state index in [0.29, 0.717) is 39.1 Å². The monoisotopic (exact) mass is 429 g/mol. The summed E-state index contributed by atoms with van der Waals surface area (Å²) in [7, 11) is -1.95. The Hall–Kier alpha value is -2.58. The highest BCUT2D eigenvalue weighted by Crippen LogP contribution is 2.31. The molecule has 0 atom stereocenters. The van der Waals surface area contributed by atoms with Crippen LogP contribution >= 0.6 is 0 Å². The van der Waals surface area contributed by atoms with Crippen LogP contribution in [0.2, 0.25) is 0 Å². The van der Waals surface area contributed by atoms with Gasteiger partial charge in [-0.25, -0.2) is 8.42 Å². The molecule has 0 radical (unpaired) electrons. The van der Waals surface area contributed by atoms with E-state index in [2.05, 4.69) is 4.90 Å². The number of methoxy groups -OCH3 is 1. The molecule has 2 fully saturated rings. The minimum atomic E-state index is -3.59. The molecule has 2 aromatic rings. The van der Waals surface area contributed by atoms with E-state index in [1.165, 1.54) is 4.31 Å². The highest BCUT2D eigenvalue weighted by molar-refractivity contribution is 7.89. The van der Waals surface area contributed by atoms with Crippen LogP contribution in [0.25, 0.3) is 0 Å². The molecule has 160 valence electrons. The standard InChI is InChI=1S/C22H27N3O4S/c1-17-16-18(9-10-19(17)25-11-5-8-22(25)26)30(27,28)24-14-12-23(13-15-24)20-6-3-4-7-21(20)29-2/h3-4,6-7,9-10,16H,5,8,11-15H2,1-2H3. The van der Waals surface area contributed by atoms with Crippen LogP contribution in [-0.2, 0) is 14.8 Å². The number of benzene rings is 2. The van der Waals surface area contributed by atoms with Gasteiger partial charge in [0, 0.05) is 44.8 Å². The largest absolute Gasteiger partial charge is 0.495 e. The molecule has 2 aliphatic heterocycles. The number of para-hydroxylation sites is 2. The molecule has 30 heavy (non-hydrogen) atoms. The Morgan fingerprint density at radius 1 is 0.933 bits per heavy atom. The number of nitrogens with zero attached hydrogens (tertiary/aromatic N) is 3. The molecular weight excluding hydrogens is 402 g/mol. The van der Waals surface area contributed by atoms with Crippen molar-refractivity contribution in [3.8, 4) is 5.75 Å². The lowest BCUT2D eigenvalue weighted by Gasteiger charge is -2.36. The lowest BCUT2D eigenvalue weighted by atomic mass is 10.2. The predicted octanol–water partition coefficient (Wildman–Crippen LogP) is 2.64. The van der Waals surface area contributed by atoms with Crippen LogP contribution < -0.4 is 14.5 Å². The summed E-state index contributed by atoms with van der Waals surface area (Å²) in [5.74, 6) is 0.887. The highest BCUT2D eigenvalue weighted by atomic mass is 32.2. The number of rotatable bonds is 5. The third-order valence-corrected chi connectivity index (χ3v) is 7.73. The molecule has 0 N–H and O–H groups in total. The van der Waals surface area contributed by atoms with Crippen molar-refractivity contribution in [2.24, 2.45) is 0 Å². The second kappa shape index (κ2) is 8.28. The van der Waals surface area contributed by atoms with Crippen LogP contribution in [0.1, 0.15) is 18.4 Å². The second-order valence-electron chi connectivity index (χ2n) is 7.66. The minimum absolute atomic E-state index is 0.0983. The lowest BCUT2D eigenvalue weighted by Crippen LogP contribution is -2.48. The average molecular weight is 430 g/mol. The first-order chi connectivity index (χ1) is 14.4. The van der Waals surface area contributed by atoms with Gasteiger partial charge in [0.1, 0.15) is 5.75 Å². The molecule has 0 bridgehead atoms. The molecule has 0 spiro atoms. The zero-order valence-electron chi connectivity index (χ0n) is 17.4. The van der Waals surface area contributed by atoms with Crippen molar-refractivity contribution in [3.63, 3.8) is 0 Å². The van der Waals surface area contributed by atoms with Gasteiger partial charge in [-0.15, -0.1) is 0 Å². The smallest absolute Gasteiger partial charge is 0.243 e. The zero-order chi connectivity index (χ0) is 21.3. The summed E-state index contributed by atoms with van der Waals surface area (Å²) in [6.07, 6.45) is 1.39. The summed E-state index contributed by atoms with van der Waals surface area (Å²) in [5.41, 5.74) is 2.59. The summed E-state index contributed by atoms with van der Waals surface area (Å²) >= 11 is 0. The van der Waals surface area contributed by atoms with Crippen molar-refractivity contribution in [2.75, 3.05) is 49.6 Å². The second-order valence-corrected chi connectivity index (χ2v) is 9.60. The number of hydrogen-bond donors (Lipinski definition) is 0. The number of ether oxygens (including phenoxy) is 1. The predicted molar refractivity (Wildman–Crippen MR) is 117 cm³/mol. The number of carbonyl (C=O) groups excluding carboxylic acids is 1. The summed E-state index contributed by atoms with van der Waals surface area (Å²) in [4.78, 5) is 16.2. The van der Waals surface area contributed by atoms with Crippen molar-refractivity contribution >= 4 is 27.3 Å². The molecule has 2 aromatic carbocycles. The maximum Gasteiger partial charge on any atom is 0.243 e. The lowest BCUT2D eigenvalue weighted by molar-refractivity contribution is -0.117. The van der Waals surface area contributed by atoms with E-state index < -0.39 is 10.0 Å². The molecule has 2 saturated heterocycles. The Morgan fingerprint density at radius 3 is 2.30 bits per heavy atom. The fourth-order valence-corrected chi connectivity index (χ4v) is 5.71. The molecule has 0 unspecified atom stereocenters. The van der Waals surface area contributed by atoms with Crippen molar-refractivity contribution in [1.82, 2.24) is 4.31 Å². The van der Waals surface area contributed by atoms with Crippen molar-refractivity contribution < 1.29 is 17.9 Å². The fraction of sp³-hybridized carbons (Fsp3) is 0.409. The van der Waals surface area contributed by atoms with E-state index in [1.807, 2.05) is 31.2 Å². The SMILES string of the molecule is COc1ccccc1N1CCN(S(=O)(=O)c2ccc(N3CCCC3=O)c(C)c2)CC1. The third-order valence-electron chi connectivity index (χ3n) is 5.83. The van der Waals surface area contributed by atoms with E-state index >= 15 is 0 Å². The molecule has 1 amide bonds. The van der Waals surface area contributed by atoms with Gasteiger partial charge in [-0.1, -0.05) is 12.1 Å². The number of carbonyl (C=O) groups is 1. The number of amides is 1. The summed E-state index contributed by atoms with van der Waals surface area (Å²) in [6.45, 7) is 4.56. The van der Waals surface area contributed by atoms with E-state index in [9.17, 15) is 13.2 Å². The first-order valence-corrected chi connectivity index (χ1v) is 11.6. The van der Waals surface area contributed by atoms with Gasteiger partial charge in [-0.05, 0) is 49.2 Å². The third kappa shape index (κ3) is 3.77. The van der Waals surface area contributed by atoms with Crippen LogP contribution in [0.3, 0.4) is 0 Å². The van der Waals surface area contributed by atoms with E-state index in [1.54, 1.807) is 30.2 Å². The molecule has 8 heteroatoms. The Balaban J connectivity index is 1.49. The van der Waals surface area contributed by atoms with Gasteiger partial charge in [-0.3, -0.25) is 4.79 Å². The maximum absolute atomic E-state index is 13.2. The molecule has 0 aliphatic carbocycles. The number of aryl methyl sites for hydroxylation is 1. The molecule has 4 rings (SSSR count). The van der Waals surface area contributed by atoms with Crippen LogP contribution in [0.15, 0.2) is 47.4 Å². The molecule has 7 nitrogen and oxygen atoms in total. The Morgan fingerprint density at radius 2 is 1.67 bits per heavy atom. The molecule has 2 aliphatic rings. The summed E-state index contributed by atoms with van der Waals surface area (Å²) in [6, 6.07) is 12.8. The first-order valence-electron chi connectivity index (χ1n) is 10.2. The van der Waals surface area contributed by atoms with Crippen molar-refractivity contribution in [3.05, 3.63) is 48.0 Å². The Bertz CT molecular complexity index is 1050. The van der Waals surface area contributed by atoms with Gasteiger partial charge in [0.15, 0.2) is 0 Å². The van der Waals surface area contributed by atoms with Crippen LogP contribution in [0.4, 0.5) is 11.4 Å². The normalized spacial score (nSPS) is 18.1. The van der Waals surface area contributed by atoms with Crippen molar-refractivity contribution in [2.45, 2.75) is 24.7 Å². The van der Waals surface area contributed by atoms with Crippen LogP contribution in [-0.4, -0.2) is 58.5 Å². The van der Waals surface area contributed by atoms with Gasteiger partial charge in [0.25, 0.3) is 0 Å². The average Bonchev–Trinajstić information content (AvgIpc) is 3.19. The quantitative estimate of drug-likeness (QED) is 0.731. The summed E-state index contributed by atoms with van der Waals surface area (Å²) < 4.78 is 33.4. The Kier molecular flexibility index (Phi) is 5.71. The zero-order valence-corrected chi connectivity index (χ0v) is 18.2. The van der Waals surface area contributed by atoms with Crippen LogP contribution in [0.5, 0.6) is 5.75 Å². The maximum atomic E-state index is 13.2. The number of piperazine rings is 1. The first kappa shape index (κ1) is 20.7. The van der Waals surface area contributed by atoms with Gasteiger partial charge in [0.05, 0.1) is 17.7 Å². The molecule has 2 heterocycles. The van der Waals surface area contributed by atoms with E-state index in [4.69, 9.17) is 4.74 Å². The number of anilines is 2. The highest BCUT2D eigenvalue weighted by Gasteiger charge is 2.30. The number of hydrogen-bond acceptors (Lipinski definition) is 5. The van der Waals surface area contributed by atoms with Gasteiger partial charge in [-0.2, -0.15) is 4.31 Å². The fourth-order valence-electron chi connectivity index (χ4n) is 4.20. The Labute approximate surface area is 177 Å². The summed E-state index contributed by atoms with van der Waals surface area (Å²) in [5, 5.41) is 0. The van der Waals surface area contributed by atoms with Gasteiger partial charge in [0.2, 0.25) is 15.9 Å². The van der Waals surface area contributed by atoms with Crippen LogP contribution in [0, 0.1) is 6.92 Å². The topological polar surface area (TPSA) is 70.2 Å². The van der Waals surface area contributed by atoms with E-state index in [0.717, 1.165) is 29.1 Å². The van der Waals surface area contributed by atoms with Gasteiger partial charge >= 0.3 is 0 Å². The minimum Gasteiger partial charge on any atom is -0.495 e.